The molecule has 148 valence electrons. The zero-order valence-electron chi connectivity index (χ0n) is 16.5. The average molecular weight is 384 g/mol. The molecule has 0 spiro atoms. The summed E-state index contributed by atoms with van der Waals surface area (Å²) < 4.78 is 5.42. The Morgan fingerprint density at radius 1 is 1.29 bits per heavy atom. The standard InChI is InChI=1S/C21H24N2O5/c1-11(2)28-21(25)18-13(4)22-15-6-5-7-17(24)20(15)19(18)14-9-8-12(3)16(10-14)23(26)27/h8-11,19,22H,5-7H2,1-4H3/t19-/m0/s1. The lowest BCUT2D eigenvalue weighted by atomic mass is 9.75. The van der Waals surface area contributed by atoms with E-state index in [1.165, 1.54) is 6.07 Å². The Kier molecular flexibility index (Phi) is 5.36. The Hall–Kier alpha value is -2.96. The highest BCUT2D eigenvalue weighted by Crippen LogP contribution is 2.43. The molecule has 0 amide bonds. The number of benzene rings is 1. The van der Waals surface area contributed by atoms with Gasteiger partial charge in [-0.05, 0) is 46.1 Å². The van der Waals surface area contributed by atoms with Gasteiger partial charge in [-0.25, -0.2) is 4.79 Å². The number of nitrogens with zero attached hydrogens (tertiary/aromatic N) is 1. The van der Waals surface area contributed by atoms with Crippen molar-refractivity contribution in [2.45, 2.75) is 59.0 Å². The van der Waals surface area contributed by atoms with Crippen molar-refractivity contribution in [2.24, 2.45) is 0 Å². The predicted octanol–water partition coefficient (Wildman–Crippen LogP) is 3.82. The Labute approximate surface area is 163 Å². The molecule has 2 aliphatic rings. The molecule has 0 bridgehead atoms. The maximum Gasteiger partial charge on any atom is 0.337 e. The third-order valence-electron chi connectivity index (χ3n) is 5.10. The summed E-state index contributed by atoms with van der Waals surface area (Å²) in [6, 6.07) is 4.87. The van der Waals surface area contributed by atoms with Crippen molar-refractivity contribution < 1.29 is 19.2 Å². The first-order chi connectivity index (χ1) is 13.2. The molecule has 1 aromatic rings. The molecule has 0 saturated carbocycles. The van der Waals surface area contributed by atoms with Crippen LogP contribution >= 0.6 is 0 Å². The van der Waals surface area contributed by atoms with E-state index in [1.54, 1.807) is 39.8 Å². The van der Waals surface area contributed by atoms with Crippen LogP contribution in [0.4, 0.5) is 5.69 Å². The molecule has 1 aliphatic carbocycles. The number of carbonyl (C=O) groups excluding carboxylic acids is 2. The summed E-state index contributed by atoms with van der Waals surface area (Å²) in [6.45, 7) is 6.95. The smallest absolute Gasteiger partial charge is 0.337 e. The molecule has 28 heavy (non-hydrogen) atoms. The fraction of sp³-hybridized carbons (Fsp3) is 0.429. The lowest BCUT2D eigenvalue weighted by Gasteiger charge is -2.34. The van der Waals surface area contributed by atoms with Crippen LogP contribution in [0.1, 0.15) is 57.1 Å². The van der Waals surface area contributed by atoms with E-state index in [0.29, 0.717) is 40.8 Å². The second-order valence-electron chi connectivity index (χ2n) is 7.52. The minimum absolute atomic E-state index is 0.0318. The monoisotopic (exact) mass is 384 g/mol. The summed E-state index contributed by atoms with van der Waals surface area (Å²) in [5.41, 5.74) is 3.31. The molecule has 1 N–H and O–H groups in total. The highest BCUT2D eigenvalue weighted by Gasteiger charge is 2.39. The number of Topliss-reactive ketones (excluding diaryl/α,β-unsaturated/α-hetero) is 1. The van der Waals surface area contributed by atoms with Gasteiger partial charge in [-0.2, -0.15) is 0 Å². The summed E-state index contributed by atoms with van der Waals surface area (Å²) in [7, 11) is 0. The number of carbonyl (C=O) groups is 2. The van der Waals surface area contributed by atoms with Gasteiger partial charge in [0.05, 0.1) is 16.6 Å². The average Bonchev–Trinajstić information content (AvgIpc) is 2.60. The molecule has 1 aliphatic heterocycles. The number of ketones is 1. The van der Waals surface area contributed by atoms with E-state index in [2.05, 4.69) is 5.32 Å². The summed E-state index contributed by atoms with van der Waals surface area (Å²) in [5, 5.41) is 14.6. The zero-order chi connectivity index (χ0) is 20.6. The highest BCUT2D eigenvalue weighted by molar-refractivity contribution is 6.03. The molecule has 0 aromatic heterocycles. The van der Waals surface area contributed by atoms with Crippen LogP contribution in [0.5, 0.6) is 0 Å². The van der Waals surface area contributed by atoms with Gasteiger partial charge in [-0.3, -0.25) is 14.9 Å². The van der Waals surface area contributed by atoms with E-state index < -0.39 is 16.8 Å². The van der Waals surface area contributed by atoms with Crippen LogP contribution in [-0.2, 0) is 14.3 Å². The Balaban J connectivity index is 2.20. The maximum atomic E-state index is 12.9. The topological polar surface area (TPSA) is 98.5 Å². The molecule has 0 unspecified atom stereocenters. The predicted molar refractivity (Wildman–Crippen MR) is 104 cm³/mol. The molecule has 1 heterocycles. The van der Waals surface area contributed by atoms with Crippen LogP contribution in [0, 0.1) is 17.0 Å². The van der Waals surface area contributed by atoms with Gasteiger partial charge in [0.1, 0.15) is 0 Å². The molecule has 3 rings (SSSR count). The Morgan fingerprint density at radius 2 is 2.00 bits per heavy atom. The molecule has 0 radical (unpaired) electrons. The van der Waals surface area contributed by atoms with E-state index >= 15 is 0 Å². The van der Waals surface area contributed by atoms with Gasteiger partial charge in [0.25, 0.3) is 5.69 Å². The second kappa shape index (κ2) is 7.58. The number of nitro benzene ring substituents is 1. The number of rotatable bonds is 4. The first kappa shape index (κ1) is 19.8. The number of ether oxygens (including phenoxy) is 1. The van der Waals surface area contributed by atoms with Crippen molar-refractivity contribution in [2.75, 3.05) is 0 Å². The minimum Gasteiger partial charge on any atom is -0.460 e. The molecule has 1 aromatic carbocycles. The molecule has 0 saturated heterocycles. The quantitative estimate of drug-likeness (QED) is 0.481. The largest absolute Gasteiger partial charge is 0.460 e. The third-order valence-corrected chi connectivity index (χ3v) is 5.10. The van der Waals surface area contributed by atoms with Gasteiger partial charge in [-0.15, -0.1) is 0 Å². The number of nitrogens with one attached hydrogen (secondary N) is 1. The van der Waals surface area contributed by atoms with E-state index in [9.17, 15) is 19.7 Å². The fourth-order valence-corrected chi connectivity index (χ4v) is 3.87. The number of esters is 1. The van der Waals surface area contributed by atoms with Gasteiger partial charge in [0.2, 0.25) is 0 Å². The third kappa shape index (κ3) is 3.56. The Morgan fingerprint density at radius 3 is 2.64 bits per heavy atom. The lowest BCUT2D eigenvalue weighted by Crippen LogP contribution is -2.35. The van der Waals surface area contributed by atoms with Gasteiger partial charge >= 0.3 is 5.97 Å². The van der Waals surface area contributed by atoms with Crippen LogP contribution < -0.4 is 5.32 Å². The number of allylic oxidation sites excluding steroid dienone is 3. The number of hydrogen-bond donors (Lipinski definition) is 1. The number of nitro groups is 1. The molecule has 7 nitrogen and oxygen atoms in total. The lowest BCUT2D eigenvalue weighted by molar-refractivity contribution is -0.385. The molecule has 1 atom stereocenters. The van der Waals surface area contributed by atoms with E-state index in [0.717, 1.165) is 12.1 Å². The highest BCUT2D eigenvalue weighted by atomic mass is 16.6. The summed E-state index contributed by atoms with van der Waals surface area (Å²) in [6.07, 6.45) is 1.52. The SMILES string of the molecule is CC1=C(C(=O)OC(C)C)[C@H](c2ccc(C)c([N+](=O)[O-])c2)C2=C(CCCC2=O)N1. The number of hydrogen-bond acceptors (Lipinski definition) is 6. The minimum atomic E-state index is -0.672. The van der Waals surface area contributed by atoms with Crippen molar-refractivity contribution in [1.82, 2.24) is 5.32 Å². The molecule has 0 fully saturated rings. The maximum absolute atomic E-state index is 12.9. The van der Waals surface area contributed by atoms with Crippen LogP contribution in [-0.4, -0.2) is 22.8 Å². The van der Waals surface area contributed by atoms with Crippen LogP contribution in [0.3, 0.4) is 0 Å². The van der Waals surface area contributed by atoms with Gasteiger partial charge in [-0.1, -0.05) is 12.1 Å². The van der Waals surface area contributed by atoms with Crippen LogP contribution in [0.2, 0.25) is 0 Å². The normalized spacial score (nSPS) is 19.5. The molecular formula is C21H24N2O5. The second-order valence-corrected chi connectivity index (χ2v) is 7.52. The van der Waals surface area contributed by atoms with Crippen molar-refractivity contribution in [3.05, 3.63) is 62.0 Å². The van der Waals surface area contributed by atoms with Crippen LogP contribution in [0.25, 0.3) is 0 Å². The number of aryl methyl sites for hydroxylation is 1. The summed E-state index contributed by atoms with van der Waals surface area (Å²) >= 11 is 0. The van der Waals surface area contributed by atoms with Crippen molar-refractivity contribution in [3.63, 3.8) is 0 Å². The summed E-state index contributed by atoms with van der Waals surface area (Å²) in [4.78, 5) is 36.7. The van der Waals surface area contributed by atoms with Crippen molar-refractivity contribution in [3.8, 4) is 0 Å². The number of dihydropyridines is 1. The van der Waals surface area contributed by atoms with Crippen molar-refractivity contribution >= 4 is 17.4 Å². The van der Waals surface area contributed by atoms with Crippen LogP contribution in [0.15, 0.2) is 40.7 Å². The first-order valence-corrected chi connectivity index (χ1v) is 9.40. The van der Waals surface area contributed by atoms with Gasteiger partial charge in [0, 0.05) is 40.9 Å². The van der Waals surface area contributed by atoms with Gasteiger partial charge in [0.15, 0.2) is 5.78 Å². The van der Waals surface area contributed by atoms with Gasteiger partial charge < -0.3 is 10.1 Å². The van der Waals surface area contributed by atoms with E-state index in [1.807, 2.05) is 0 Å². The molecular weight excluding hydrogens is 360 g/mol. The van der Waals surface area contributed by atoms with Crippen molar-refractivity contribution in [1.29, 1.82) is 0 Å². The zero-order valence-corrected chi connectivity index (χ0v) is 16.5. The first-order valence-electron chi connectivity index (χ1n) is 9.40. The summed E-state index contributed by atoms with van der Waals surface area (Å²) in [5.74, 6) is -1.22. The van der Waals surface area contributed by atoms with E-state index in [4.69, 9.17) is 4.74 Å². The fourth-order valence-electron chi connectivity index (χ4n) is 3.87. The molecule has 7 heteroatoms. The Bertz CT molecular complexity index is 927. The van der Waals surface area contributed by atoms with E-state index in [-0.39, 0.29) is 17.6 Å².